The molecular formula is C20H27N3O3. The molecule has 0 aliphatic carbocycles. The highest BCUT2D eigenvalue weighted by atomic mass is 16.5. The van der Waals surface area contributed by atoms with Gasteiger partial charge < -0.3 is 14.6 Å². The molecule has 2 aromatic rings. The molecule has 1 aliphatic heterocycles. The average molecular weight is 357 g/mol. The number of amides is 1. The standard InChI is InChI=1S/C20H27N3O3/c1-13-10-23(11-14(2)25-13)12-18-7-5-17(6-8-18)9-21-20(24)19-15(3)22-26-16(19)4/h5-8,13-14H,9-12H2,1-4H3,(H,21,24). The molecule has 0 saturated carbocycles. The number of hydrogen-bond donors (Lipinski definition) is 1. The van der Waals surface area contributed by atoms with Gasteiger partial charge in [-0.15, -0.1) is 0 Å². The van der Waals surface area contributed by atoms with Crippen LogP contribution in [-0.2, 0) is 17.8 Å². The van der Waals surface area contributed by atoms with Crippen LogP contribution < -0.4 is 5.32 Å². The number of hydrogen-bond acceptors (Lipinski definition) is 5. The largest absolute Gasteiger partial charge is 0.373 e. The quantitative estimate of drug-likeness (QED) is 0.891. The lowest BCUT2D eigenvalue weighted by Gasteiger charge is -2.35. The second-order valence-electron chi connectivity index (χ2n) is 7.15. The van der Waals surface area contributed by atoms with E-state index in [9.17, 15) is 4.79 Å². The third-order valence-electron chi connectivity index (χ3n) is 4.64. The van der Waals surface area contributed by atoms with Gasteiger partial charge in [0.1, 0.15) is 11.3 Å². The van der Waals surface area contributed by atoms with E-state index in [0.29, 0.717) is 23.6 Å². The van der Waals surface area contributed by atoms with E-state index in [1.165, 1.54) is 5.56 Å². The second-order valence-corrected chi connectivity index (χ2v) is 7.15. The summed E-state index contributed by atoms with van der Waals surface area (Å²) in [5, 5.41) is 6.75. The van der Waals surface area contributed by atoms with Crippen LogP contribution in [0.4, 0.5) is 0 Å². The molecule has 0 spiro atoms. The molecule has 3 rings (SSSR count). The van der Waals surface area contributed by atoms with E-state index in [1.807, 2.05) is 0 Å². The number of rotatable bonds is 5. The molecule has 1 aliphatic rings. The van der Waals surface area contributed by atoms with Crippen molar-refractivity contribution in [2.45, 2.75) is 53.0 Å². The number of ether oxygens (including phenoxy) is 1. The number of benzene rings is 1. The molecule has 1 saturated heterocycles. The number of morpholine rings is 1. The molecule has 1 N–H and O–H groups in total. The minimum absolute atomic E-state index is 0.151. The predicted octanol–water partition coefficient (Wildman–Crippen LogP) is 2.83. The Morgan fingerprint density at radius 1 is 1.15 bits per heavy atom. The summed E-state index contributed by atoms with van der Waals surface area (Å²) >= 11 is 0. The molecule has 6 heteroatoms. The zero-order valence-electron chi connectivity index (χ0n) is 15.9. The van der Waals surface area contributed by atoms with Crippen LogP contribution in [0.15, 0.2) is 28.8 Å². The molecular weight excluding hydrogens is 330 g/mol. The van der Waals surface area contributed by atoms with E-state index in [1.54, 1.807) is 13.8 Å². The Labute approximate surface area is 154 Å². The highest BCUT2D eigenvalue weighted by Gasteiger charge is 2.22. The minimum atomic E-state index is -0.151. The Morgan fingerprint density at radius 2 is 1.77 bits per heavy atom. The number of carbonyl (C=O) groups excluding carboxylic acids is 1. The van der Waals surface area contributed by atoms with Gasteiger partial charge in [0, 0.05) is 26.2 Å². The summed E-state index contributed by atoms with van der Waals surface area (Å²) in [7, 11) is 0. The van der Waals surface area contributed by atoms with Crippen molar-refractivity contribution >= 4 is 5.91 Å². The van der Waals surface area contributed by atoms with Gasteiger partial charge in [-0.3, -0.25) is 9.69 Å². The van der Waals surface area contributed by atoms with Crippen LogP contribution >= 0.6 is 0 Å². The van der Waals surface area contributed by atoms with Crippen molar-refractivity contribution in [2.75, 3.05) is 13.1 Å². The fourth-order valence-corrected chi connectivity index (χ4v) is 3.51. The van der Waals surface area contributed by atoms with Gasteiger partial charge in [0.2, 0.25) is 0 Å². The van der Waals surface area contributed by atoms with Crippen LogP contribution in [0, 0.1) is 13.8 Å². The molecule has 1 amide bonds. The molecule has 0 radical (unpaired) electrons. The molecule has 1 fully saturated rings. The lowest BCUT2D eigenvalue weighted by Crippen LogP contribution is -2.44. The van der Waals surface area contributed by atoms with Gasteiger partial charge in [0.15, 0.2) is 0 Å². The first-order valence-corrected chi connectivity index (χ1v) is 9.09. The molecule has 140 valence electrons. The summed E-state index contributed by atoms with van der Waals surface area (Å²) in [5.74, 6) is 0.394. The third-order valence-corrected chi connectivity index (χ3v) is 4.64. The van der Waals surface area contributed by atoms with Crippen molar-refractivity contribution in [1.29, 1.82) is 0 Å². The third kappa shape index (κ3) is 4.51. The first kappa shape index (κ1) is 18.6. The van der Waals surface area contributed by atoms with Crippen LogP contribution in [-0.4, -0.2) is 41.3 Å². The fourth-order valence-electron chi connectivity index (χ4n) is 3.51. The van der Waals surface area contributed by atoms with Crippen LogP contribution in [0.3, 0.4) is 0 Å². The predicted molar refractivity (Wildman–Crippen MR) is 98.9 cm³/mol. The van der Waals surface area contributed by atoms with Gasteiger partial charge in [-0.05, 0) is 38.8 Å². The Morgan fingerprint density at radius 3 is 2.35 bits per heavy atom. The van der Waals surface area contributed by atoms with E-state index in [-0.39, 0.29) is 18.1 Å². The van der Waals surface area contributed by atoms with Gasteiger partial charge >= 0.3 is 0 Å². The fraction of sp³-hybridized carbons (Fsp3) is 0.500. The Hall–Kier alpha value is -2.18. The zero-order valence-corrected chi connectivity index (χ0v) is 15.9. The van der Waals surface area contributed by atoms with Gasteiger partial charge in [0.05, 0.1) is 17.9 Å². The number of nitrogens with zero attached hydrogens (tertiary/aromatic N) is 2. The van der Waals surface area contributed by atoms with E-state index < -0.39 is 0 Å². The molecule has 2 atom stereocenters. The van der Waals surface area contributed by atoms with Crippen molar-refractivity contribution in [3.8, 4) is 0 Å². The Balaban J connectivity index is 1.54. The van der Waals surface area contributed by atoms with Gasteiger partial charge in [0.25, 0.3) is 5.91 Å². The lowest BCUT2D eigenvalue weighted by molar-refractivity contribution is -0.0704. The number of aromatic nitrogens is 1. The second kappa shape index (κ2) is 8.01. The summed E-state index contributed by atoms with van der Waals surface area (Å²) in [4.78, 5) is 14.7. The van der Waals surface area contributed by atoms with E-state index >= 15 is 0 Å². The molecule has 6 nitrogen and oxygen atoms in total. The summed E-state index contributed by atoms with van der Waals surface area (Å²) in [5.41, 5.74) is 3.48. The van der Waals surface area contributed by atoms with Crippen LogP contribution in [0.2, 0.25) is 0 Å². The van der Waals surface area contributed by atoms with Crippen molar-refractivity contribution in [1.82, 2.24) is 15.4 Å². The summed E-state index contributed by atoms with van der Waals surface area (Å²) in [6.45, 7) is 11.1. The summed E-state index contributed by atoms with van der Waals surface area (Å²) in [6.07, 6.45) is 0.551. The summed E-state index contributed by atoms with van der Waals surface area (Å²) in [6, 6.07) is 8.39. The number of aryl methyl sites for hydroxylation is 2. The first-order chi connectivity index (χ1) is 12.4. The van der Waals surface area contributed by atoms with Crippen molar-refractivity contribution < 1.29 is 14.1 Å². The number of carbonyl (C=O) groups is 1. The monoisotopic (exact) mass is 357 g/mol. The van der Waals surface area contributed by atoms with Crippen LogP contribution in [0.1, 0.15) is 46.8 Å². The molecule has 2 unspecified atom stereocenters. The molecule has 0 bridgehead atoms. The topological polar surface area (TPSA) is 67.6 Å². The van der Waals surface area contributed by atoms with Crippen molar-refractivity contribution in [3.05, 3.63) is 52.4 Å². The maximum atomic E-state index is 12.3. The Bertz CT molecular complexity index is 725. The molecule has 26 heavy (non-hydrogen) atoms. The van der Waals surface area contributed by atoms with Crippen LogP contribution in [0.25, 0.3) is 0 Å². The van der Waals surface area contributed by atoms with Crippen molar-refractivity contribution in [3.63, 3.8) is 0 Å². The van der Waals surface area contributed by atoms with Gasteiger partial charge in [-0.1, -0.05) is 29.4 Å². The van der Waals surface area contributed by atoms with E-state index in [4.69, 9.17) is 9.26 Å². The smallest absolute Gasteiger partial charge is 0.257 e. The summed E-state index contributed by atoms with van der Waals surface area (Å²) < 4.78 is 10.8. The highest BCUT2D eigenvalue weighted by molar-refractivity contribution is 5.96. The molecule has 2 heterocycles. The number of nitrogens with one attached hydrogen (secondary N) is 1. The average Bonchev–Trinajstić information content (AvgIpc) is 2.92. The normalized spacial score (nSPS) is 20.9. The Kier molecular flexibility index (Phi) is 5.74. The SMILES string of the molecule is Cc1noc(C)c1C(=O)NCc1ccc(CN2CC(C)OC(C)C2)cc1. The minimum Gasteiger partial charge on any atom is -0.373 e. The van der Waals surface area contributed by atoms with E-state index in [0.717, 1.165) is 25.2 Å². The first-order valence-electron chi connectivity index (χ1n) is 9.09. The zero-order chi connectivity index (χ0) is 18.7. The molecule has 1 aromatic carbocycles. The maximum absolute atomic E-state index is 12.3. The lowest BCUT2D eigenvalue weighted by atomic mass is 10.1. The maximum Gasteiger partial charge on any atom is 0.257 e. The van der Waals surface area contributed by atoms with E-state index in [2.05, 4.69) is 53.5 Å². The molecule has 1 aromatic heterocycles. The highest BCUT2D eigenvalue weighted by Crippen LogP contribution is 2.15. The van der Waals surface area contributed by atoms with Crippen molar-refractivity contribution in [2.24, 2.45) is 0 Å². The van der Waals surface area contributed by atoms with Gasteiger partial charge in [-0.25, -0.2) is 0 Å². The van der Waals surface area contributed by atoms with Gasteiger partial charge in [-0.2, -0.15) is 0 Å². The van der Waals surface area contributed by atoms with Crippen LogP contribution in [0.5, 0.6) is 0 Å².